The van der Waals surface area contributed by atoms with Crippen LogP contribution in [-0.4, -0.2) is 35.7 Å². The normalized spacial score (nSPS) is 24.6. The fraction of sp³-hybridized carbons (Fsp3) is 0.391. The topological polar surface area (TPSA) is 87.7 Å². The summed E-state index contributed by atoms with van der Waals surface area (Å²) in [6.45, 7) is 2.97. The lowest BCUT2D eigenvalue weighted by Crippen LogP contribution is -2.59. The fourth-order valence-corrected chi connectivity index (χ4v) is 4.42. The number of ether oxygens (including phenoxy) is 1. The van der Waals surface area contributed by atoms with E-state index in [0.29, 0.717) is 17.1 Å². The van der Waals surface area contributed by atoms with E-state index in [9.17, 15) is 27.9 Å². The highest BCUT2D eigenvalue weighted by molar-refractivity contribution is 6.01. The molecule has 6 nitrogen and oxygen atoms in total. The fourth-order valence-electron chi connectivity index (χ4n) is 4.42. The molecule has 3 N–H and O–H groups in total. The number of aliphatic hydroxyl groups excluding tert-OH is 1. The van der Waals surface area contributed by atoms with Crippen molar-refractivity contribution in [3.63, 3.8) is 0 Å². The minimum Gasteiger partial charge on any atom is -0.457 e. The zero-order valence-corrected chi connectivity index (χ0v) is 17.5. The van der Waals surface area contributed by atoms with E-state index >= 15 is 0 Å². The van der Waals surface area contributed by atoms with Crippen molar-refractivity contribution in [2.45, 2.75) is 38.5 Å². The van der Waals surface area contributed by atoms with Gasteiger partial charge < -0.3 is 20.5 Å². The monoisotopic (exact) mass is 448 g/mol. The average Bonchev–Trinajstić information content (AvgIpc) is 2.72. The Morgan fingerprint density at radius 2 is 1.97 bits per heavy atom. The molecule has 2 amide bonds. The molecule has 0 spiro atoms. The van der Waals surface area contributed by atoms with Gasteiger partial charge in [-0.15, -0.1) is 0 Å². The van der Waals surface area contributed by atoms with Crippen molar-refractivity contribution in [2.75, 3.05) is 6.61 Å². The molecule has 2 aromatic carbocycles. The van der Waals surface area contributed by atoms with Gasteiger partial charge in [-0.3, -0.25) is 9.59 Å². The van der Waals surface area contributed by atoms with Crippen molar-refractivity contribution in [3.8, 4) is 11.5 Å². The Labute approximate surface area is 182 Å². The molecule has 2 aromatic rings. The zero-order valence-electron chi connectivity index (χ0n) is 17.5. The number of carbonyl (C=O) groups excluding carboxylic acids is 2. The van der Waals surface area contributed by atoms with Crippen LogP contribution in [-0.2, 0) is 9.59 Å². The number of rotatable bonds is 3. The molecule has 0 aliphatic carbocycles. The van der Waals surface area contributed by atoms with Crippen LogP contribution in [0.4, 0.5) is 13.2 Å². The van der Waals surface area contributed by atoms with Crippen LogP contribution in [0.5, 0.6) is 11.5 Å². The van der Waals surface area contributed by atoms with Crippen molar-refractivity contribution >= 4 is 11.8 Å². The van der Waals surface area contributed by atoms with Crippen LogP contribution in [0, 0.1) is 25.7 Å². The Morgan fingerprint density at radius 1 is 1.22 bits per heavy atom. The number of nitrogens with one attached hydrogen (secondary N) is 2. The molecule has 1 fully saturated rings. The molecule has 32 heavy (non-hydrogen) atoms. The Kier molecular flexibility index (Phi) is 5.62. The van der Waals surface area contributed by atoms with Crippen LogP contribution < -0.4 is 15.4 Å². The second-order valence-corrected chi connectivity index (χ2v) is 8.33. The Balaban J connectivity index is 1.65. The SMILES string of the molecule is Cc1ccc2c(c1)Oc1cccc(C)c1C2NC(=O)C1CC(CO)C(C(F)(F)F)NC1=O. The molecular weight excluding hydrogens is 425 g/mol. The molecule has 2 heterocycles. The lowest BCUT2D eigenvalue weighted by molar-refractivity contribution is -0.184. The average molecular weight is 448 g/mol. The van der Waals surface area contributed by atoms with Crippen LogP contribution in [0.2, 0.25) is 0 Å². The number of carbonyl (C=O) groups is 2. The van der Waals surface area contributed by atoms with E-state index in [2.05, 4.69) is 5.32 Å². The molecule has 4 atom stereocenters. The molecule has 1 saturated heterocycles. The second kappa shape index (κ2) is 8.12. The van der Waals surface area contributed by atoms with Crippen LogP contribution in [0.25, 0.3) is 0 Å². The highest BCUT2D eigenvalue weighted by Gasteiger charge is 2.51. The van der Waals surface area contributed by atoms with Gasteiger partial charge in [0.15, 0.2) is 0 Å². The maximum absolute atomic E-state index is 13.2. The van der Waals surface area contributed by atoms with E-state index in [-0.39, 0.29) is 0 Å². The predicted molar refractivity (Wildman–Crippen MR) is 109 cm³/mol. The first-order valence-corrected chi connectivity index (χ1v) is 10.3. The van der Waals surface area contributed by atoms with Crippen LogP contribution in [0.1, 0.15) is 34.7 Å². The molecule has 0 saturated carbocycles. The van der Waals surface area contributed by atoms with Gasteiger partial charge >= 0.3 is 6.18 Å². The summed E-state index contributed by atoms with van der Waals surface area (Å²) in [6, 6.07) is 8.17. The number of fused-ring (bicyclic) bond motifs is 2. The van der Waals surface area contributed by atoms with Gasteiger partial charge in [0.25, 0.3) is 0 Å². The zero-order chi connectivity index (χ0) is 23.2. The van der Waals surface area contributed by atoms with Gasteiger partial charge in [0.2, 0.25) is 11.8 Å². The third kappa shape index (κ3) is 3.92. The van der Waals surface area contributed by atoms with E-state index in [1.807, 2.05) is 49.5 Å². The molecule has 2 aliphatic heterocycles. The number of amides is 2. The number of benzene rings is 2. The van der Waals surface area contributed by atoms with Crippen LogP contribution in [0.15, 0.2) is 36.4 Å². The maximum Gasteiger partial charge on any atom is 0.408 e. The summed E-state index contributed by atoms with van der Waals surface area (Å²) in [5.41, 5.74) is 3.23. The van der Waals surface area contributed by atoms with Crippen LogP contribution >= 0.6 is 0 Å². The van der Waals surface area contributed by atoms with Crippen molar-refractivity contribution in [2.24, 2.45) is 11.8 Å². The van der Waals surface area contributed by atoms with E-state index in [0.717, 1.165) is 16.7 Å². The molecule has 4 unspecified atom stereocenters. The minimum absolute atomic E-state index is 0.400. The van der Waals surface area contributed by atoms with E-state index in [1.165, 1.54) is 0 Å². The first-order valence-electron chi connectivity index (χ1n) is 10.3. The van der Waals surface area contributed by atoms with Crippen molar-refractivity contribution in [1.29, 1.82) is 0 Å². The highest BCUT2D eigenvalue weighted by Crippen LogP contribution is 2.45. The Bertz CT molecular complexity index is 1070. The third-order valence-electron chi connectivity index (χ3n) is 6.09. The molecule has 170 valence electrons. The van der Waals surface area contributed by atoms with Gasteiger partial charge in [-0.25, -0.2) is 0 Å². The summed E-state index contributed by atoms with van der Waals surface area (Å²) in [5, 5.41) is 14.2. The number of aliphatic hydroxyl groups is 1. The van der Waals surface area contributed by atoms with E-state index in [1.54, 1.807) is 6.07 Å². The first kappa shape index (κ1) is 22.1. The largest absolute Gasteiger partial charge is 0.457 e. The molecule has 0 bridgehead atoms. The van der Waals surface area contributed by atoms with Gasteiger partial charge in [0, 0.05) is 23.7 Å². The predicted octanol–water partition coefficient (Wildman–Crippen LogP) is 3.29. The van der Waals surface area contributed by atoms with Crippen molar-refractivity contribution < 1.29 is 32.6 Å². The summed E-state index contributed by atoms with van der Waals surface area (Å²) < 4.78 is 45.7. The summed E-state index contributed by atoms with van der Waals surface area (Å²) in [4.78, 5) is 25.5. The smallest absolute Gasteiger partial charge is 0.408 e. The van der Waals surface area contributed by atoms with Gasteiger partial charge in [-0.1, -0.05) is 24.3 Å². The van der Waals surface area contributed by atoms with E-state index < -0.39 is 54.9 Å². The van der Waals surface area contributed by atoms with Crippen molar-refractivity contribution in [3.05, 3.63) is 58.7 Å². The van der Waals surface area contributed by atoms with Gasteiger partial charge in [-0.05, 0) is 43.5 Å². The molecule has 0 radical (unpaired) electrons. The van der Waals surface area contributed by atoms with Crippen molar-refractivity contribution in [1.82, 2.24) is 10.6 Å². The Morgan fingerprint density at radius 3 is 2.66 bits per heavy atom. The first-order chi connectivity index (χ1) is 15.1. The minimum atomic E-state index is -4.71. The second-order valence-electron chi connectivity index (χ2n) is 8.33. The lowest BCUT2D eigenvalue weighted by atomic mass is 9.83. The van der Waals surface area contributed by atoms with Crippen LogP contribution in [0.3, 0.4) is 0 Å². The quantitative estimate of drug-likeness (QED) is 0.629. The number of aryl methyl sites for hydroxylation is 2. The van der Waals surface area contributed by atoms with Gasteiger partial charge in [0.05, 0.1) is 6.04 Å². The number of hydrogen-bond acceptors (Lipinski definition) is 4. The Hall–Kier alpha value is -3.07. The lowest BCUT2D eigenvalue weighted by Gasteiger charge is -2.37. The summed E-state index contributed by atoms with van der Waals surface area (Å²) in [7, 11) is 0. The molecule has 0 aromatic heterocycles. The maximum atomic E-state index is 13.2. The number of piperidine rings is 1. The van der Waals surface area contributed by atoms with Gasteiger partial charge in [-0.2, -0.15) is 13.2 Å². The molecule has 2 aliphatic rings. The third-order valence-corrected chi connectivity index (χ3v) is 6.09. The summed E-state index contributed by atoms with van der Waals surface area (Å²) in [5.74, 6) is -3.24. The number of alkyl halides is 3. The summed E-state index contributed by atoms with van der Waals surface area (Å²) >= 11 is 0. The standard InChI is InChI=1S/C23H23F3N2O4/c1-11-6-7-14-17(8-11)32-16-5-3-4-12(2)18(16)19(14)27-21(30)15-9-13(10-29)20(23(24,25)26)28-22(15)31/h3-8,13,15,19-20,29H,9-10H2,1-2H3,(H,27,30)(H,28,31). The van der Waals surface area contributed by atoms with Gasteiger partial charge in [0.1, 0.15) is 23.5 Å². The molecular formula is C23H23F3N2O4. The number of halogens is 3. The van der Waals surface area contributed by atoms with E-state index in [4.69, 9.17) is 4.74 Å². The number of hydrogen-bond donors (Lipinski definition) is 3. The molecule has 4 rings (SSSR count). The summed E-state index contributed by atoms with van der Waals surface area (Å²) in [6.07, 6.45) is -5.11. The molecule has 9 heteroatoms. The highest BCUT2D eigenvalue weighted by atomic mass is 19.4.